The Morgan fingerprint density at radius 3 is 2.42 bits per heavy atom. The molecule has 1 aromatic carbocycles. The maximum atomic E-state index is 14.1. The number of aromatic nitrogens is 5. The molecule has 0 aliphatic carbocycles. The summed E-state index contributed by atoms with van der Waals surface area (Å²) >= 11 is 0. The number of halogens is 6. The zero-order valence-corrected chi connectivity index (χ0v) is 33.1. The van der Waals surface area contributed by atoms with Crippen LogP contribution >= 0.6 is 0 Å². The Morgan fingerprint density at radius 2 is 1.72 bits per heavy atom. The van der Waals surface area contributed by atoms with Crippen molar-refractivity contribution in [2.75, 3.05) is 46.0 Å². The van der Waals surface area contributed by atoms with Crippen LogP contribution in [0.4, 0.5) is 26.3 Å². The van der Waals surface area contributed by atoms with E-state index < -0.39 is 97.0 Å². The number of ether oxygens (including phenoxy) is 1. The number of hydrogen-bond donors (Lipinski definition) is 7. The van der Waals surface area contributed by atoms with Crippen LogP contribution in [0.1, 0.15) is 72.3 Å². The van der Waals surface area contributed by atoms with Crippen molar-refractivity contribution in [3.63, 3.8) is 0 Å². The first-order chi connectivity index (χ1) is 28.4. The molecule has 5 unspecified atom stereocenters. The molecule has 0 saturated carbocycles. The van der Waals surface area contributed by atoms with Gasteiger partial charge in [0.2, 0.25) is 11.7 Å². The molecule has 17 nitrogen and oxygen atoms in total. The minimum atomic E-state index is -4.91. The van der Waals surface area contributed by atoms with Crippen LogP contribution in [0.5, 0.6) is 0 Å². The van der Waals surface area contributed by atoms with Gasteiger partial charge in [-0.05, 0) is 31.0 Å². The molecule has 0 radical (unpaired) electrons. The number of benzene rings is 1. The fourth-order valence-corrected chi connectivity index (χ4v) is 6.67. The quantitative estimate of drug-likeness (QED) is 0.0369. The number of rotatable bonds is 24. The molecule has 60 heavy (non-hydrogen) atoms. The molecular weight excluding hydrogens is 812 g/mol. The first kappa shape index (κ1) is 48.4. The number of nitrogens with two attached hydrogens (primary N) is 1. The number of carbonyl (C=O) groups excluding carboxylic acids is 2. The van der Waals surface area contributed by atoms with Crippen LogP contribution in [-0.2, 0) is 48.3 Å². The van der Waals surface area contributed by atoms with E-state index in [-0.39, 0.29) is 70.2 Å². The summed E-state index contributed by atoms with van der Waals surface area (Å²) in [5, 5.41) is 60.3. The Morgan fingerprint density at radius 1 is 1.00 bits per heavy atom. The molecule has 0 spiro atoms. The van der Waals surface area contributed by atoms with E-state index in [1.165, 1.54) is 9.58 Å². The number of imidazole rings is 1. The van der Waals surface area contributed by atoms with Gasteiger partial charge in [0.15, 0.2) is 17.3 Å². The van der Waals surface area contributed by atoms with Gasteiger partial charge in [-0.1, -0.05) is 31.4 Å². The zero-order valence-electron chi connectivity index (χ0n) is 33.1. The number of nitrogens with one attached hydrogen (secondary N) is 1. The fraction of sp³-hybridized carbons (Fsp3) is 0.649. The number of aliphatic hydroxyl groups excluding tert-OH is 5. The summed E-state index contributed by atoms with van der Waals surface area (Å²) in [6, 6.07) is -0.0415. The van der Waals surface area contributed by atoms with Crippen molar-refractivity contribution in [2.24, 2.45) is 5.73 Å². The molecule has 3 heterocycles. The summed E-state index contributed by atoms with van der Waals surface area (Å²) in [5.41, 5.74) is 5.57. The summed E-state index contributed by atoms with van der Waals surface area (Å²) < 4.78 is 90.7. The second-order valence-corrected chi connectivity index (χ2v) is 14.7. The Bertz CT molecular complexity index is 1850. The van der Waals surface area contributed by atoms with Gasteiger partial charge in [-0.3, -0.25) is 14.5 Å². The van der Waals surface area contributed by atoms with E-state index in [1.54, 1.807) is 6.20 Å². The fourth-order valence-electron chi connectivity index (χ4n) is 6.67. The molecule has 2 aromatic heterocycles. The SMILES string of the molecule is CCCCCCN(Cc1cn(CCOCCNC(=O)c2nc(C(F)(F)F)n3c2CN(C(=O)CC(N)Cc2cc(F)c(F)cc2F)CC3)nn1)CC(O)C(O)C(O)C(O)CO. The predicted octanol–water partition coefficient (Wildman–Crippen LogP) is 0.478. The highest BCUT2D eigenvalue weighted by atomic mass is 19.4. The van der Waals surface area contributed by atoms with Crippen LogP contribution in [0.3, 0.4) is 0 Å². The summed E-state index contributed by atoms with van der Waals surface area (Å²) in [6.45, 7) is 1.22. The first-order valence-electron chi connectivity index (χ1n) is 19.6. The molecule has 8 N–H and O–H groups in total. The van der Waals surface area contributed by atoms with Crippen LogP contribution in [-0.4, -0.2) is 148 Å². The van der Waals surface area contributed by atoms with Gasteiger partial charge in [-0.2, -0.15) is 13.2 Å². The normalized spacial score (nSPS) is 15.8. The van der Waals surface area contributed by atoms with Gasteiger partial charge in [0, 0.05) is 57.4 Å². The number of fused-ring (bicyclic) bond motifs is 1. The van der Waals surface area contributed by atoms with E-state index in [4.69, 9.17) is 15.6 Å². The molecule has 3 aromatic rings. The molecule has 0 fully saturated rings. The first-order valence-corrected chi connectivity index (χ1v) is 19.6. The average Bonchev–Trinajstić information content (AvgIpc) is 3.83. The highest BCUT2D eigenvalue weighted by Crippen LogP contribution is 2.32. The highest BCUT2D eigenvalue weighted by Gasteiger charge is 2.42. The molecule has 1 aliphatic rings. The van der Waals surface area contributed by atoms with E-state index in [0.717, 1.165) is 30.3 Å². The summed E-state index contributed by atoms with van der Waals surface area (Å²) in [7, 11) is 0. The van der Waals surface area contributed by atoms with Crippen molar-refractivity contribution in [1.29, 1.82) is 0 Å². The van der Waals surface area contributed by atoms with Crippen molar-refractivity contribution >= 4 is 11.8 Å². The van der Waals surface area contributed by atoms with E-state index in [2.05, 4.69) is 27.5 Å². The van der Waals surface area contributed by atoms with E-state index >= 15 is 0 Å². The topological polar surface area (TPSA) is 238 Å². The third-order valence-corrected chi connectivity index (χ3v) is 9.90. The molecule has 336 valence electrons. The number of alkyl halides is 3. The largest absolute Gasteiger partial charge is 0.449 e. The highest BCUT2D eigenvalue weighted by molar-refractivity contribution is 5.93. The number of hydrogen-bond acceptors (Lipinski definition) is 13. The van der Waals surface area contributed by atoms with Gasteiger partial charge in [0.25, 0.3) is 5.91 Å². The minimum Gasteiger partial charge on any atom is -0.394 e. The Kier molecular flexibility index (Phi) is 18.2. The Hall–Kier alpha value is -4.23. The summed E-state index contributed by atoms with van der Waals surface area (Å²) in [5.74, 6) is -6.59. The number of unbranched alkanes of at least 4 members (excludes halogenated alkanes) is 3. The van der Waals surface area contributed by atoms with Gasteiger partial charge in [-0.15, -0.1) is 5.10 Å². The predicted molar refractivity (Wildman–Crippen MR) is 199 cm³/mol. The maximum absolute atomic E-state index is 14.1. The van der Waals surface area contributed by atoms with E-state index in [0.29, 0.717) is 24.4 Å². The summed E-state index contributed by atoms with van der Waals surface area (Å²) in [6.07, 6.45) is -6.81. The number of nitrogens with zero attached hydrogens (tertiary/aromatic N) is 7. The molecule has 5 atom stereocenters. The molecule has 1 aliphatic heterocycles. The van der Waals surface area contributed by atoms with E-state index in [1.807, 2.05) is 4.90 Å². The van der Waals surface area contributed by atoms with Crippen LogP contribution in [0.15, 0.2) is 18.3 Å². The molecule has 0 bridgehead atoms. The number of carbonyl (C=O) groups is 2. The lowest BCUT2D eigenvalue weighted by atomic mass is 10.0. The number of amides is 2. The van der Waals surface area contributed by atoms with E-state index in [9.17, 15) is 56.4 Å². The van der Waals surface area contributed by atoms with Gasteiger partial charge in [0.1, 0.15) is 24.1 Å². The maximum Gasteiger partial charge on any atom is 0.449 e. The second kappa shape index (κ2) is 22.6. The summed E-state index contributed by atoms with van der Waals surface area (Å²) in [4.78, 5) is 32.8. The lowest BCUT2D eigenvalue weighted by molar-refractivity contribution is -0.148. The van der Waals surface area contributed by atoms with Crippen LogP contribution in [0, 0.1) is 17.5 Å². The average molecular weight is 866 g/mol. The zero-order chi connectivity index (χ0) is 44.1. The number of aliphatic hydroxyl groups is 5. The molecular formula is C37H53F6N9O8. The van der Waals surface area contributed by atoms with Crippen LogP contribution in [0.25, 0.3) is 0 Å². The molecule has 4 rings (SSSR count). The second-order valence-electron chi connectivity index (χ2n) is 14.7. The molecule has 23 heteroatoms. The lowest BCUT2D eigenvalue weighted by Gasteiger charge is -2.30. The van der Waals surface area contributed by atoms with Gasteiger partial charge in [0.05, 0.1) is 50.4 Å². The monoisotopic (exact) mass is 865 g/mol. The van der Waals surface area contributed by atoms with Gasteiger partial charge < -0.3 is 50.8 Å². The Balaban J connectivity index is 1.27. The van der Waals surface area contributed by atoms with Gasteiger partial charge in [-0.25, -0.2) is 22.8 Å². The minimum absolute atomic E-state index is 0.0426. The van der Waals surface area contributed by atoms with Crippen molar-refractivity contribution in [1.82, 2.24) is 39.7 Å². The van der Waals surface area contributed by atoms with Crippen molar-refractivity contribution in [3.8, 4) is 0 Å². The molecule has 0 saturated heterocycles. The van der Waals surface area contributed by atoms with Crippen molar-refractivity contribution in [2.45, 2.75) is 108 Å². The Labute approximate surface area is 341 Å². The van der Waals surface area contributed by atoms with Crippen LogP contribution in [0.2, 0.25) is 0 Å². The smallest absolute Gasteiger partial charge is 0.394 e. The lowest BCUT2D eigenvalue weighted by Crippen LogP contribution is -2.49. The van der Waals surface area contributed by atoms with Gasteiger partial charge >= 0.3 is 6.18 Å². The van der Waals surface area contributed by atoms with Crippen molar-refractivity contribution < 1.29 is 66.2 Å². The standard InChI is InChI=1S/C37H53F6N9O8/c1-2-3-4-5-7-49(20-29(54)33(57)34(58)30(55)21-53)17-24-18-51(48-47-24)10-12-60-11-6-45-35(59)32-28-19-50(8-9-52(28)36(46-32)37(41,42)43)31(56)15-23(44)13-22-14-26(39)27(40)16-25(22)38/h14,16,18,23,29-30,33-34,53-55,57-58H,2-13,15,17,19-21,44H2,1H3,(H,45,59). The van der Waals surface area contributed by atoms with Crippen LogP contribution < -0.4 is 11.1 Å². The molecule has 2 amide bonds. The van der Waals surface area contributed by atoms with Crippen molar-refractivity contribution in [3.05, 3.63) is 64.3 Å². The third-order valence-electron chi connectivity index (χ3n) is 9.90. The third kappa shape index (κ3) is 13.6.